The first kappa shape index (κ1) is 15.8. The van der Waals surface area contributed by atoms with Crippen LogP contribution in [-0.2, 0) is 0 Å². The van der Waals surface area contributed by atoms with Gasteiger partial charge in [-0.2, -0.15) is 0 Å². The maximum Gasteiger partial charge on any atom is 0.150 e. The number of nitrogens with zero attached hydrogens (tertiary/aromatic N) is 4. The Bertz CT molecular complexity index is 629. The van der Waals surface area contributed by atoms with Crippen LogP contribution in [0.15, 0.2) is 30.6 Å². The molecule has 0 spiro atoms. The summed E-state index contributed by atoms with van der Waals surface area (Å²) in [4.78, 5) is 15.7. The second-order valence-electron chi connectivity index (χ2n) is 5.98. The predicted molar refractivity (Wildman–Crippen MR) is 89.8 cm³/mol. The normalized spacial score (nSPS) is 18.8. The second kappa shape index (κ2) is 7.48. The minimum absolute atomic E-state index is 0.213. The number of nitrogens with one attached hydrogen (secondary N) is 1. The van der Waals surface area contributed by atoms with E-state index in [1.165, 1.54) is 0 Å². The minimum Gasteiger partial charge on any atom is -0.395 e. The molecule has 1 fully saturated rings. The highest BCUT2D eigenvalue weighted by molar-refractivity contribution is 5.50. The summed E-state index contributed by atoms with van der Waals surface area (Å²) in [5.74, 6) is 1.88. The van der Waals surface area contributed by atoms with Gasteiger partial charge in [-0.1, -0.05) is 6.07 Å². The maximum absolute atomic E-state index is 9.09. The number of rotatable bonds is 5. The van der Waals surface area contributed by atoms with Crippen molar-refractivity contribution < 1.29 is 5.11 Å². The fourth-order valence-corrected chi connectivity index (χ4v) is 3.00. The molecule has 0 aliphatic carbocycles. The highest BCUT2D eigenvalue weighted by atomic mass is 16.3. The van der Waals surface area contributed by atoms with Gasteiger partial charge in [0, 0.05) is 24.7 Å². The van der Waals surface area contributed by atoms with Crippen LogP contribution in [-0.4, -0.2) is 51.2 Å². The second-order valence-corrected chi connectivity index (χ2v) is 5.98. The fraction of sp³-hybridized carbons (Fsp3) is 0.471. The lowest BCUT2D eigenvalue weighted by Crippen LogP contribution is -2.36. The zero-order valence-electron chi connectivity index (χ0n) is 13.4. The van der Waals surface area contributed by atoms with Crippen molar-refractivity contribution in [3.05, 3.63) is 42.0 Å². The molecule has 6 heteroatoms. The Hall–Kier alpha value is -2.05. The molecule has 0 amide bonds. The Morgan fingerprint density at radius 3 is 2.91 bits per heavy atom. The first-order valence-corrected chi connectivity index (χ1v) is 8.10. The SMILES string of the molecule is Cc1cccc(Nc2cnc([C@@H]3CCCN(CCO)C3)cn2)n1. The summed E-state index contributed by atoms with van der Waals surface area (Å²) in [6, 6.07) is 5.84. The first-order valence-electron chi connectivity index (χ1n) is 8.10. The largest absolute Gasteiger partial charge is 0.395 e. The number of hydrogen-bond acceptors (Lipinski definition) is 6. The predicted octanol–water partition coefficient (Wildman–Crippen LogP) is 2.10. The van der Waals surface area contributed by atoms with Gasteiger partial charge in [0.15, 0.2) is 0 Å². The average molecular weight is 313 g/mol. The number of β-amino-alcohol motifs (C(OH)–C–C–N with tert-alkyl or cyclic N) is 1. The van der Waals surface area contributed by atoms with Crippen molar-refractivity contribution in [2.24, 2.45) is 0 Å². The summed E-state index contributed by atoms with van der Waals surface area (Å²) in [5.41, 5.74) is 1.99. The molecule has 2 aromatic heterocycles. The van der Waals surface area contributed by atoms with E-state index in [0.717, 1.165) is 49.7 Å². The molecule has 1 aliphatic rings. The summed E-state index contributed by atoms with van der Waals surface area (Å²) in [7, 11) is 0. The van der Waals surface area contributed by atoms with Crippen molar-refractivity contribution in [2.75, 3.05) is 31.6 Å². The van der Waals surface area contributed by atoms with Crippen molar-refractivity contribution in [3.63, 3.8) is 0 Å². The number of piperidine rings is 1. The summed E-state index contributed by atoms with van der Waals surface area (Å²) >= 11 is 0. The molecule has 0 radical (unpaired) electrons. The van der Waals surface area contributed by atoms with E-state index in [2.05, 4.69) is 25.2 Å². The highest BCUT2D eigenvalue weighted by Gasteiger charge is 2.22. The van der Waals surface area contributed by atoms with Gasteiger partial charge in [0.05, 0.1) is 24.7 Å². The van der Waals surface area contributed by atoms with Crippen molar-refractivity contribution in [1.29, 1.82) is 0 Å². The monoisotopic (exact) mass is 313 g/mol. The zero-order valence-corrected chi connectivity index (χ0v) is 13.4. The number of aliphatic hydroxyl groups excluding tert-OH is 1. The molecular formula is C17H23N5O. The Balaban J connectivity index is 1.64. The molecular weight excluding hydrogens is 290 g/mol. The molecule has 0 bridgehead atoms. The number of hydrogen-bond donors (Lipinski definition) is 2. The maximum atomic E-state index is 9.09. The third-order valence-electron chi connectivity index (χ3n) is 4.16. The minimum atomic E-state index is 0.213. The van der Waals surface area contributed by atoms with Gasteiger partial charge in [0.2, 0.25) is 0 Å². The lowest BCUT2D eigenvalue weighted by Gasteiger charge is -2.31. The van der Waals surface area contributed by atoms with E-state index in [9.17, 15) is 0 Å². The molecule has 2 N–H and O–H groups in total. The van der Waals surface area contributed by atoms with Crippen molar-refractivity contribution >= 4 is 11.6 Å². The Labute approximate surface area is 136 Å². The van der Waals surface area contributed by atoms with Gasteiger partial charge in [-0.25, -0.2) is 9.97 Å². The molecule has 3 rings (SSSR count). The number of aromatic nitrogens is 3. The number of likely N-dealkylation sites (tertiary alicyclic amines) is 1. The summed E-state index contributed by atoms with van der Waals surface area (Å²) < 4.78 is 0. The lowest BCUT2D eigenvalue weighted by atomic mass is 9.95. The van der Waals surface area contributed by atoms with Crippen LogP contribution in [0.25, 0.3) is 0 Å². The standard InChI is InChI=1S/C17H23N5O/c1-13-4-2-6-16(20-13)21-17-11-18-15(10-19-17)14-5-3-7-22(12-14)8-9-23/h2,4,6,10-11,14,23H,3,5,7-9,12H2,1H3,(H,19,20,21)/t14-/m1/s1. The van der Waals surface area contributed by atoms with Crippen LogP contribution in [0.2, 0.25) is 0 Å². The van der Waals surface area contributed by atoms with Crippen LogP contribution < -0.4 is 5.32 Å². The van der Waals surface area contributed by atoms with Crippen molar-refractivity contribution in [2.45, 2.75) is 25.7 Å². The Kier molecular flexibility index (Phi) is 5.15. The van der Waals surface area contributed by atoms with Crippen LogP contribution in [0.1, 0.15) is 30.1 Å². The summed E-state index contributed by atoms with van der Waals surface area (Å²) in [6.45, 7) is 4.92. The molecule has 122 valence electrons. The van der Waals surface area contributed by atoms with Gasteiger partial charge in [0.1, 0.15) is 11.6 Å². The molecule has 0 aromatic carbocycles. The lowest BCUT2D eigenvalue weighted by molar-refractivity contribution is 0.160. The Morgan fingerprint density at radius 1 is 1.26 bits per heavy atom. The van der Waals surface area contributed by atoms with E-state index in [-0.39, 0.29) is 6.61 Å². The summed E-state index contributed by atoms with van der Waals surface area (Å²) in [5, 5.41) is 12.3. The molecule has 23 heavy (non-hydrogen) atoms. The van der Waals surface area contributed by atoms with Crippen molar-refractivity contribution in [3.8, 4) is 0 Å². The van der Waals surface area contributed by atoms with E-state index < -0.39 is 0 Å². The van der Waals surface area contributed by atoms with Gasteiger partial charge in [0.25, 0.3) is 0 Å². The zero-order chi connectivity index (χ0) is 16.1. The Morgan fingerprint density at radius 2 is 2.17 bits per heavy atom. The topological polar surface area (TPSA) is 74.2 Å². The van der Waals surface area contributed by atoms with Crippen LogP contribution in [0, 0.1) is 6.92 Å². The fourth-order valence-electron chi connectivity index (χ4n) is 3.00. The summed E-state index contributed by atoms with van der Waals surface area (Å²) in [6.07, 6.45) is 5.89. The van der Waals surface area contributed by atoms with Gasteiger partial charge in [-0.15, -0.1) is 0 Å². The number of pyridine rings is 1. The average Bonchev–Trinajstić information content (AvgIpc) is 2.56. The molecule has 6 nitrogen and oxygen atoms in total. The molecule has 3 heterocycles. The van der Waals surface area contributed by atoms with Crippen molar-refractivity contribution in [1.82, 2.24) is 19.9 Å². The number of aliphatic hydroxyl groups is 1. The van der Waals surface area contributed by atoms with Gasteiger partial charge < -0.3 is 15.3 Å². The van der Waals surface area contributed by atoms with Gasteiger partial charge in [-0.3, -0.25) is 4.98 Å². The van der Waals surface area contributed by atoms with Gasteiger partial charge >= 0.3 is 0 Å². The smallest absolute Gasteiger partial charge is 0.150 e. The van der Waals surface area contributed by atoms with E-state index in [1.807, 2.05) is 31.3 Å². The number of aryl methyl sites for hydroxylation is 1. The molecule has 0 saturated carbocycles. The van der Waals surface area contributed by atoms with E-state index in [0.29, 0.717) is 11.7 Å². The van der Waals surface area contributed by atoms with Crippen LogP contribution >= 0.6 is 0 Å². The van der Waals surface area contributed by atoms with Crippen LogP contribution in [0.3, 0.4) is 0 Å². The third kappa shape index (κ3) is 4.24. The highest BCUT2D eigenvalue weighted by Crippen LogP contribution is 2.25. The molecule has 1 aliphatic heterocycles. The van der Waals surface area contributed by atoms with E-state index >= 15 is 0 Å². The first-order chi connectivity index (χ1) is 11.2. The molecule has 2 aromatic rings. The van der Waals surface area contributed by atoms with E-state index in [4.69, 9.17) is 5.11 Å². The van der Waals surface area contributed by atoms with Gasteiger partial charge in [-0.05, 0) is 38.4 Å². The van der Waals surface area contributed by atoms with Crippen LogP contribution in [0.4, 0.5) is 11.6 Å². The van der Waals surface area contributed by atoms with Crippen LogP contribution in [0.5, 0.6) is 0 Å². The third-order valence-corrected chi connectivity index (χ3v) is 4.16. The quantitative estimate of drug-likeness (QED) is 0.880. The molecule has 0 unspecified atom stereocenters. The molecule has 1 saturated heterocycles. The molecule has 1 atom stereocenters. The number of anilines is 2. The van der Waals surface area contributed by atoms with E-state index in [1.54, 1.807) is 6.20 Å².